The fraction of sp³-hybridized carbons (Fsp3) is 0.500. The maximum Gasteiger partial charge on any atom is 0.227 e. The van der Waals surface area contributed by atoms with Crippen molar-refractivity contribution in [3.8, 4) is 6.07 Å². The maximum absolute atomic E-state index is 12.3. The van der Waals surface area contributed by atoms with E-state index in [2.05, 4.69) is 19.9 Å². The van der Waals surface area contributed by atoms with Crippen LogP contribution in [-0.4, -0.2) is 19.5 Å². The summed E-state index contributed by atoms with van der Waals surface area (Å²) in [6.07, 6.45) is 1.43. The second-order valence-corrected chi connectivity index (χ2v) is 5.55. The molecule has 0 saturated heterocycles. The Morgan fingerprint density at radius 1 is 1.35 bits per heavy atom. The van der Waals surface area contributed by atoms with Crippen LogP contribution >= 0.6 is 0 Å². The second kappa shape index (κ2) is 7.66. The Kier molecular flexibility index (Phi) is 6.20. The van der Waals surface area contributed by atoms with Crippen LogP contribution in [0, 0.1) is 23.2 Å². The molecule has 1 atom stereocenters. The molecule has 0 aliphatic heterocycles. The van der Waals surface area contributed by atoms with Crippen LogP contribution < -0.4 is 10.6 Å². The lowest BCUT2D eigenvalue weighted by Crippen LogP contribution is -2.30. The highest BCUT2D eigenvalue weighted by Crippen LogP contribution is 2.19. The lowest BCUT2D eigenvalue weighted by atomic mass is 9.94. The highest BCUT2D eigenvalue weighted by atomic mass is 16.2. The van der Waals surface area contributed by atoms with Gasteiger partial charge >= 0.3 is 0 Å². The number of hydrogen-bond acceptors (Lipinski definition) is 3. The molecule has 1 aromatic rings. The van der Waals surface area contributed by atoms with Gasteiger partial charge in [0.15, 0.2) is 0 Å². The van der Waals surface area contributed by atoms with Gasteiger partial charge in [-0.3, -0.25) is 4.79 Å². The molecule has 1 aromatic carbocycles. The Balaban J connectivity index is 2.68. The van der Waals surface area contributed by atoms with Crippen molar-refractivity contribution in [2.24, 2.45) is 17.6 Å². The predicted octanol–water partition coefficient (Wildman–Crippen LogP) is 2.53. The largest absolute Gasteiger partial charge is 0.330 e. The molecule has 0 saturated carbocycles. The van der Waals surface area contributed by atoms with Crippen LogP contribution in [0.5, 0.6) is 0 Å². The van der Waals surface area contributed by atoms with Gasteiger partial charge in [-0.25, -0.2) is 0 Å². The van der Waals surface area contributed by atoms with Crippen molar-refractivity contribution in [2.45, 2.75) is 26.7 Å². The zero-order valence-corrected chi connectivity index (χ0v) is 12.5. The zero-order chi connectivity index (χ0) is 15.1. The third-order valence-corrected chi connectivity index (χ3v) is 3.36. The van der Waals surface area contributed by atoms with Crippen molar-refractivity contribution < 1.29 is 4.79 Å². The standard InChI is InChI=1S/C16H23N3O/c1-12(2)8-14(11-18)9-16(20)19(3)15-6-4-13(10-17)5-7-15/h4-7,12,14H,8-9,11,18H2,1-3H3. The Morgan fingerprint density at radius 2 is 1.95 bits per heavy atom. The normalized spacial score (nSPS) is 12.0. The van der Waals surface area contributed by atoms with E-state index >= 15 is 0 Å². The van der Waals surface area contributed by atoms with Crippen LogP contribution in [0.4, 0.5) is 5.69 Å². The average Bonchev–Trinajstić information content (AvgIpc) is 2.45. The molecule has 0 fully saturated rings. The second-order valence-electron chi connectivity index (χ2n) is 5.55. The molecule has 1 rings (SSSR count). The summed E-state index contributed by atoms with van der Waals surface area (Å²) in [5, 5.41) is 8.77. The molecule has 20 heavy (non-hydrogen) atoms. The smallest absolute Gasteiger partial charge is 0.227 e. The van der Waals surface area contributed by atoms with Gasteiger partial charge in [0.05, 0.1) is 11.6 Å². The first-order valence-electron chi connectivity index (χ1n) is 6.94. The van der Waals surface area contributed by atoms with Crippen molar-refractivity contribution in [1.82, 2.24) is 0 Å². The first kappa shape index (κ1) is 16.2. The first-order chi connectivity index (χ1) is 9.47. The molecule has 0 heterocycles. The van der Waals surface area contributed by atoms with Gasteiger partial charge < -0.3 is 10.6 Å². The van der Waals surface area contributed by atoms with Crippen LogP contribution in [0.2, 0.25) is 0 Å². The van der Waals surface area contributed by atoms with E-state index < -0.39 is 0 Å². The van der Waals surface area contributed by atoms with Crippen molar-refractivity contribution in [3.05, 3.63) is 29.8 Å². The topological polar surface area (TPSA) is 70.1 Å². The molecular weight excluding hydrogens is 250 g/mol. The molecule has 0 spiro atoms. The third-order valence-electron chi connectivity index (χ3n) is 3.36. The summed E-state index contributed by atoms with van der Waals surface area (Å²) in [7, 11) is 1.76. The number of carbonyl (C=O) groups excluding carboxylic acids is 1. The number of hydrogen-bond donors (Lipinski definition) is 1. The molecular formula is C16H23N3O. The molecule has 0 aromatic heterocycles. The minimum Gasteiger partial charge on any atom is -0.330 e. The Labute approximate surface area is 121 Å². The highest BCUT2D eigenvalue weighted by molar-refractivity contribution is 5.92. The summed E-state index contributed by atoms with van der Waals surface area (Å²) >= 11 is 0. The van der Waals surface area contributed by atoms with Gasteiger partial charge in [-0.05, 0) is 49.1 Å². The fourth-order valence-electron chi connectivity index (χ4n) is 2.22. The zero-order valence-electron chi connectivity index (χ0n) is 12.5. The number of nitriles is 1. The molecule has 0 aliphatic rings. The number of benzene rings is 1. The SMILES string of the molecule is CC(C)CC(CN)CC(=O)N(C)c1ccc(C#N)cc1. The summed E-state index contributed by atoms with van der Waals surface area (Å²) in [4.78, 5) is 13.9. The first-order valence-corrected chi connectivity index (χ1v) is 6.94. The van der Waals surface area contributed by atoms with Crippen molar-refractivity contribution in [3.63, 3.8) is 0 Å². The van der Waals surface area contributed by atoms with E-state index in [0.717, 1.165) is 12.1 Å². The molecule has 0 aliphatic carbocycles. The molecule has 0 radical (unpaired) electrons. The number of carbonyl (C=O) groups is 1. The summed E-state index contributed by atoms with van der Waals surface area (Å²) in [6, 6.07) is 9.07. The average molecular weight is 273 g/mol. The minimum absolute atomic E-state index is 0.0609. The van der Waals surface area contributed by atoms with Crippen LogP contribution in [0.3, 0.4) is 0 Å². The minimum atomic E-state index is 0.0609. The van der Waals surface area contributed by atoms with E-state index in [1.165, 1.54) is 0 Å². The van der Waals surface area contributed by atoms with Gasteiger partial charge in [-0.2, -0.15) is 5.26 Å². The predicted molar refractivity (Wildman–Crippen MR) is 81.2 cm³/mol. The van der Waals surface area contributed by atoms with Crippen LogP contribution in [0.15, 0.2) is 24.3 Å². The highest BCUT2D eigenvalue weighted by Gasteiger charge is 2.17. The molecule has 0 bridgehead atoms. The van der Waals surface area contributed by atoms with E-state index in [4.69, 9.17) is 11.0 Å². The summed E-state index contributed by atoms with van der Waals surface area (Å²) in [6.45, 7) is 4.81. The van der Waals surface area contributed by atoms with Gasteiger partial charge in [0, 0.05) is 19.2 Å². The quantitative estimate of drug-likeness (QED) is 0.865. The lowest BCUT2D eigenvalue weighted by molar-refractivity contribution is -0.119. The van der Waals surface area contributed by atoms with E-state index in [1.54, 1.807) is 36.2 Å². The van der Waals surface area contributed by atoms with Gasteiger partial charge in [0.25, 0.3) is 0 Å². The maximum atomic E-state index is 12.3. The Morgan fingerprint density at radius 3 is 2.40 bits per heavy atom. The van der Waals surface area contributed by atoms with Crippen LogP contribution in [0.1, 0.15) is 32.3 Å². The van der Waals surface area contributed by atoms with Gasteiger partial charge in [0.1, 0.15) is 0 Å². The van der Waals surface area contributed by atoms with Crippen LogP contribution in [0.25, 0.3) is 0 Å². The number of anilines is 1. The van der Waals surface area contributed by atoms with E-state index in [1.807, 2.05) is 0 Å². The van der Waals surface area contributed by atoms with Crippen molar-refractivity contribution in [2.75, 3.05) is 18.5 Å². The molecule has 1 unspecified atom stereocenters. The van der Waals surface area contributed by atoms with E-state index in [0.29, 0.717) is 24.4 Å². The number of nitrogens with two attached hydrogens (primary N) is 1. The van der Waals surface area contributed by atoms with Crippen molar-refractivity contribution in [1.29, 1.82) is 5.26 Å². The molecule has 4 heteroatoms. The number of rotatable bonds is 6. The monoisotopic (exact) mass is 273 g/mol. The molecule has 108 valence electrons. The molecule has 1 amide bonds. The van der Waals surface area contributed by atoms with Gasteiger partial charge in [0.2, 0.25) is 5.91 Å². The summed E-state index contributed by atoms with van der Waals surface area (Å²) in [5.41, 5.74) is 7.13. The van der Waals surface area contributed by atoms with Gasteiger partial charge in [-0.1, -0.05) is 13.8 Å². The van der Waals surface area contributed by atoms with Crippen molar-refractivity contribution >= 4 is 11.6 Å². The molecule has 4 nitrogen and oxygen atoms in total. The number of nitrogens with zero attached hydrogens (tertiary/aromatic N) is 2. The van der Waals surface area contributed by atoms with Gasteiger partial charge in [-0.15, -0.1) is 0 Å². The van der Waals surface area contributed by atoms with E-state index in [9.17, 15) is 4.79 Å². The Hall–Kier alpha value is -1.86. The fourth-order valence-corrected chi connectivity index (χ4v) is 2.22. The number of amides is 1. The van der Waals surface area contributed by atoms with E-state index in [-0.39, 0.29) is 11.8 Å². The van der Waals surface area contributed by atoms with Crippen LogP contribution in [-0.2, 0) is 4.79 Å². The summed E-state index contributed by atoms with van der Waals surface area (Å²) in [5.74, 6) is 0.825. The third kappa shape index (κ3) is 4.67. The summed E-state index contributed by atoms with van der Waals surface area (Å²) < 4.78 is 0. The Bertz CT molecular complexity index is 473. The molecule has 2 N–H and O–H groups in total. The lowest BCUT2D eigenvalue weighted by Gasteiger charge is -2.22.